The molecule has 3 rings (SSSR count). The van der Waals surface area contributed by atoms with Gasteiger partial charge in [-0.1, -0.05) is 6.07 Å². The van der Waals surface area contributed by atoms with Gasteiger partial charge in [0.25, 0.3) is 0 Å². The van der Waals surface area contributed by atoms with Gasteiger partial charge in [-0.05, 0) is 51.2 Å². The molecular weight excluding hydrogens is 380 g/mol. The molecule has 30 heavy (non-hydrogen) atoms. The van der Waals surface area contributed by atoms with E-state index in [1.165, 1.54) is 5.69 Å². The van der Waals surface area contributed by atoms with E-state index >= 15 is 0 Å². The third-order valence-corrected chi connectivity index (χ3v) is 5.88. The molecule has 2 atom stereocenters. The van der Waals surface area contributed by atoms with E-state index in [0.29, 0.717) is 19.1 Å². The number of nitrogens with one attached hydrogen (secondary N) is 1. The van der Waals surface area contributed by atoms with Crippen molar-refractivity contribution in [2.45, 2.75) is 33.1 Å². The lowest BCUT2D eigenvalue weighted by atomic mass is 9.98. The molecule has 2 aliphatic heterocycles. The zero-order valence-corrected chi connectivity index (χ0v) is 18.6. The number of hydrogen-bond donors (Lipinski definition) is 1. The molecule has 1 aromatic carbocycles. The summed E-state index contributed by atoms with van der Waals surface area (Å²) in [6, 6.07) is 8.26. The standard InChI is InChI=1S/C23H36N4O3/c1-4-24-23(27-12-7-8-19(17-27)22(28)30-5-2)25-15-18-11-13-26(16-18)20-9-6-10-21(14-20)29-3/h6,9-10,14,18-19H,4-5,7-8,11-13,15-17H2,1-3H3,(H,24,25). The van der Waals surface area contributed by atoms with Crippen LogP contribution in [0.4, 0.5) is 5.69 Å². The van der Waals surface area contributed by atoms with Gasteiger partial charge in [0.05, 0.1) is 19.6 Å². The van der Waals surface area contributed by atoms with Crippen LogP contribution in [0.5, 0.6) is 5.75 Å². The Bertz CT molecular complexity index is 724. The molecule has 1 aromatic rings. The highest BCUT2D eigenvalue weighted by molar-refractivity contribution is 5.81. The molecule has 0 spiro atoms. The van der Waals surface area contributed by atoms with Gasteiger partial charge in [-0.3, -0.25) is 9.79 Å². The van der Waals surface area contributed by atoms with E-state index < -0.39 is 0 Å². The second-order valence-corrected chi connectivity index (χ2v) is 8.03. The minimum absolute atomic E-state index is 0.0578. The fraction of sp³-hybridized carbons (Fsp3) is 0.652. The molecule has 7 nitrogen and oxygen atoms in total. The predicted octanol–water partition coefficient (Wildman–Crippen LogP) is 2.76. The molecule has 0 radical (unpaired) electrons. The maximum atomic E-state index is 12.2. The highest BCUT2D eigenvalue weighted by atomic mass is 16.5. The van der Waals surface area contributed by atoms with E-state index in [1.54, 1.807) is 7.11 Å². The molecule has 0 aromatic heterocycles. The Morgan fingerprint density at radius 3 is 2.87 bits per heavy atom. The average Bonchev–Trinajstić information content (AvgIpc) is 3.26. The Labute approximate surface area is 180 Å². The van der Waals surface area contributed by atoms with Crippen LogP contribution >= 0.6 is 0 Å². The third kappa shape index (κ3) is 5.80. The quantitative estimate of drug-likeness (QED) is 0.419. The summed E-state index contributed by atoms with van der Waals surface area (Å²) in [6.07, 6.45) is 3.01. The Kier molecular flexibility index (Phi) is 8.22. The van der Waals surface area contributed by atoms with E-state index in [2.05, 4.69) is 34.2 Å². The molecule has 2 fully saturated rings. The topological polar surface area (TPSA) is 66.4 Å². The molecule has 2 unspecified atom stereocenters. The summed E-state index contributed by atoms with van der Waals surface area (Å²) in [4.78, 5) is 21.8. The summed E-state index contributed by atoms with van der Waals surface area (Å²) in [7, 11) is 1.70. The van der Waals surface area contributed by atoms with Crippen molar-refractivity contribution in [1.82, 2.24) is 10.2 Å². The largest absolute Gasteiger partial charge is 0.497 e. The number of ether oxygens (including phenoxy) is 2. The Hall–Kier alpha value is -2.44. The van der Waals surface area contributed by atoms with Crippen LogP contribution in [0, 0.1) is 11.8 Å². The van der Waals surface area contributed by atoms with Crippen LogP contribution < -0.4 is 15.0 Å². The Balaban J connectivity index is 1.58. The lowest BCUT2D eigenvalue weighted by Gasteiger charge is -2.34. The summed E-state index contributed by atoms with van der Waals surface area (Å²) in [5.74, 6) is 2.20. The van der Waals surface area contributed by atoms with Crippen LogP contribution in [-0.2, 0) is 9.53 Å². The number of methoxy groups -OCH3 is 1. The van der Waals surface area contributed by atoms with E-state index in [0.717, 1.165) is 63.7 Å². The first-order chi connectivity index (χ1) is 14.6. The summed E-state index contributed by atoms with van der Waals surface area (Å²) in [6.45, 7) is 9.66. The van der Waals surface area contributed by atoms with Crippen LogP contribution in [-0.4, -0.2) is 69.8 Å². The SMILES string of the molecule is CCNC(=NCC1CCN(c2cccc(OC)c2)C1)N1CCCC(C(=O)OCC)C1. The highest BCUT2D eigenvalue weighted by Crippen LogP contribution is 2.27. The second kappa shape index (κ2) is 11.1. The summed E-state index contributed by atoms with van der Waals surface area (Å²) >= 11 is 0. The molecular formula is C23H36N4O3. The molecule has 0 saturated carbocycles. The first-order valence-corrected chi connectivity index (χ1v) is 11.2. The van der Waals surface area contributed by atoms with Crippen molar-refractivity contribution in [3.8, 4) is 5.75 Å². The van der Waals surface area contributed by atoms with Crippen molar-refractivity contribution in [3.63, 3.8) is 0 Å². The van der Waals surface area contributed by atoms with Crippen molar-refractivity contribution in [1.29, 1.82) is 0 Å². The maximum absolute atomic E-state index is 12.2. The summed E-state index contributed by atoms with van der Waals surface area (Å²) in [5, 5.41) is 3.42. The van der Waals surface area contributed by atoms with Gasteiger partial charge in [0.15, 0.2) is 5.96 Å². The molecule has 2 heterocycles. The van der Waals surface area contributed by atoms with Crippen LogP contribution in [0.3, 0.4) is 0 Å². The molecule has 2 saturated heterocycles. The molecule has 166 valence electrons. The van der Waals surface area contributed by atoms with E-state index in [4.69, 9.17) is 14.5 Å². The van der Waals surface area contributed by atoms with Crippen molar-refractivity contribution in [2.24, 2.45) is 16.8 Å². The van der Waals surface area contributed by atoms with Crippen molar-refractivity contribution >= 4 is 17.6 Å². The van der Waals surface area contributed by atoms with Gasteiger partial charge in [-0.15, -0.1) is 0 Å². The van der Waals surface area contributed by atoms with Gasteiger partial charge < -0.3 is 24.6 Å². The number of nitrogens with zero attached hydrogens (tertiary/aromatic N) is 3. The van der Waals surface area contributed by atoms with E-state index in [9.17, 15) is 4.79 Å². The monoisotopic (exact) mass is 416 g/mol. The zero-order valence-electron chi connectivity index (χ0n) is 18.6. The van der Waals surface area contributed by atoms with Crippen molar-refractivity contribution < 1.29 is 14.3 Å². The van der Waals surface area contributed by atoms with Crippen LogP contribution in [0.1, 0.15) is 33.1 Å². The predicted molar refractivity (Wildman–Crippen MR) is 120 cm³/mol. The number of carbonyl (C=O) groups excluding carboxylic acids is 1. The van der Waals surface area contributed by atoms with Gasteiger partial charge in [-0.2, -0.15) is 0 Å². The number of rotatable bonds is 7. The molecule has 2 aliphatic rings. The normalized spacial score (nSPS) is 22.2. The first kappa shape index (κ1) is 22.2. The number of guanidine groups is 1. The van der Waals surface area contributed by atoms with Crippen LogP contribution in [0.2, 0.25) is 0 Å². The van der Waals surface area contributed by atoms with Crippen molar-refractivity contribution in [3.05, 3.63) is 24.3 Å². The fourth-order valence-corrected chi connectivity index (χ4v) is 4.29. The average molecular weight is 417 g/mol. The third-order valence-electron chi connectivity index (χ3n) is 5.88. The minimum Gasteiger partial charge on any atom is -0.497 e. The lowest BCUT2D eigenvalue weighted by molar-refractivity contribution is -0.149. The van der Waals surface area contributed by atoms with Crippen LogP contribution in [0.25, 0.3) is 0 Å². The molecule has 1 N–H and O–H groups in total. The number of hydrogen-bond acceptors (Lipinski definition) is 5. The number of anilines is 1. The fourth-order valence-electron chi connectivity index (χ4n) is 4.29. The Morgan fingerprint density at radius 1 is 1.23 bits per heavy atom. The molecule has 0 aliphatic carbocycles. The number of carbonyl (C=O) groups is 1. The summed E-state index contributed by atoms with van der Waals surface area (Å²) in [5.41, 5.74) is 1.21. The summed E-state index contributed by atoms with van der Waals surface area (Å²) < 4.78 is 10.6. The maximum Gasteiger partial charge on any atom is 0.310 e. The zero-order chi connectivity index (χ0) is 21.3. The number of aliphatic imine (C=N–C) groups is 1. The molecule has 7 heteroatoms. The van der Waals surface area contributed by atoms with Gasteiger partial charge in [0, 0.05) is 51.0 Å². The van der Waals surface area contributed by atoms with E-state index in [1.807, 2.05) is 19.1 Å². The Morgan fingerprint density at radius 2 is 2.10 bits per heavy atom. The van der Waals surface area contributed by atoms with Crippen LogP contribution in [0.15, 0.2) is 29.3 Å². The van der Waals surface area contributed by atoms with Gasteiger partial charge in [0.2, 0.25) is 0 Å². The van der Waals surface area contributed by atoms with Gasteiger partial charge in [0.1, 0.15) is 5.75 Å². The lowest BCUT2D eigenvalue weighted by Crippen LogP contribution is -2.48. The number of likely N-dealkylation sites (tertiary alicyclic amines) is 1. The number of esters is 1. The molecule has 0 amide bonds. The van der Waals surface area contributed by atoms with Gasteiger partial charge >= 0.3 is 5.97 Å². The smallest absolute Gasteiger partial charge is 0.310 e. The van der Waals surface area contributed by atoms with E-state index in [-0.39, 0.29) is 11.9 Å². The number of piperidine rings is 1. The molecule has 0 bridgehead atoms. The highest BCUT2D eigenvalue weighted by Gasteiger charge is 2.29. The number of benzene rings is 1. The first-order valence-electron chi connectivity index (χ1n) is 11.2. The minimum atomic E-state index is -0.0808. The second-order valence-electron chi connectivity index (χ2n) is 8.03. The van der Waals surface area contributed by atoms with Gasteiger partial charge in [-0.25, -0.2) is 0 Å². The van der Waals surface area contributed by atoms with Crippen molar-refractivity contribution in [2.75, 3.05) is 57.9 Å².